The summed E-state index contributed by atoms with van der Waals surface area (Å²) in [4.78, 5) is 10.3. The highest BCUT2D eigenvalue weighted by Gasteiger charge is 2.11. The van der Waals surface area contributed by atoms with Gasteiger partial charge in [-0.05, 0) is 34.5 Å². The third-order valence-electron chi connectivity index (χ3n) is 2.75. The first kappa shape index (κ1) is 15.0. The monoisotopic (exact) mass is 314 g/mol. The molecule has 4 nitrogen and oxygen atoms in total. The number of nitro benzene ring substituents is 1. The number of unbranched alkanes of at least 4 members (excludes halogenated alkanes) is 4. The minimum absolute atomic E-state index is 0.100. The number of halogens is 1. The lowest BCUT2D eigenvalue weighted by Gasteiger charge is -2.06. The van der Waals surface area contributed by atoms with Gasteiger partial charge in [0, 0.05) is 18.3 Å². The van der Waals surface area contributed by atoms with Crippen LogP contribution < -0.4 is 5.32 Å². The fraction of sp³-hybridized carbons (Fsp3) is 0.538. The minimum Gasteiger partial charge on any atom is -0.385 e. The molecule has 0 aromatic heterocycles. The first-order chi connectivity index (χ1) is 8.65. The van der Waals surface area contributed by atoms with Gasteiger partial charge >= 0.3 is 0 Å². The van der Waals surface area contributed by atoms with Crippen molar-refractivity contribution in [2.75, 3.05) is 11.9 Å². The molecule has 18 heavy (non-hydrogen) atoms. The standard InChI is InChI=1S/C13H19BrN2O2/c1-2-3-4-5-6-9-15-11-7-8-13(16(17)18)12(14)10-11/h7-8,10,15H,2-6,9H2,1H3. The first-order valence-corrected chi connectivity index (χ1v) is 7.12. The van der Waals surface area contributed by atoms with Gasteiger partial charge in [-0.2, -0.15) is 0 Å². The molecule has 0 saturated heterocycles. The van der Waals surface area contributed by atoms with E-state index in [1.54, 1.807) is 12.1 Å². The lowest BCUT2D eigenvalue weighted by atomic mass is 10.1. The van der Waals surface area contributed by atoms with Gasteiger partial charge in [-0.1, -0.05) is 32.6 Å². The van der Waals surface area contributed by atoms with E-state index in [1.165, 1.54) is 31.7 Å². The predicted molar refractivity (Wildman–Crippen MR) is 78.0 cm³/mol. The Morgan fingerprint density at radius 3 is 2.61 bits per heavy atom. The van der Waals surface area contributed by atoms with Crippen molar-refractivity contribution in [3.63, 3.8) is 0 Å². The summed E-state index contributed by atoms with van der Waals surface area (Å²) in [6, 6.07) is 5.02. The molecule has 0 unspecified atom stereocenters. The fourth-order valence-corrected chi connectivity index (χ4v) is 2.25. The number of hydrogen-bond acceptors (Lipinski definition) is 3. The van der Waals surface area contributed by atoms with Crippen molar-refractivity contribution in [2.24, 2.45) is 0 Å². The Bertz CT molecular complexity index is 397. The van der Waals surface area contributed by atoms with E-state index in [4.69, 9.17) is 0 Å². The topological polar surface area (TPSA) is 55.2 Å². The molecule has 0 aliphatic carbocycles. The molecule has 1 rings (SSSR count). The Hall–Kier alpha value is -1.10. The highest BCUT2D eigenvalue weighted by molar-refractivity contribution is 9.10. The third kappa shape index (κ3) is 5.04. The van der Waals surface area contributed by atoms with Crippen molar-refractivity contribution in [1.29, 1.82) is 0 Å². The van der Waals surface area contributed by atoms with Crippen LogP contribution in [-0.4, -0.2) is 11.5 Å². The lowest BCUT2D eigenvalue weighted by Crippen LogP contribution is -2.01. The summed E-state index contributed by atoms with van der Waals surface area (Å²) in [7, 11) is 0. The molecule has 0 atom stereocenters. The van der Waals surface area contributed by atoms with E-state index < -0.39 is 4.92 Å². The van der Waals surface area contributed by atoms with E-state index >= 15 is 0 Å². The van der Waals surface area contributed by atoms with Crippen LogP contribution in [0.2, 0.25) is 0 Å². The summed E-state index contributed by atoms with van der Waals surface area (Å²) in [6.07, 6.45) is 6.19. The fourth-order valence-electron chi connectivity index (χ4n) is 1.73. The molecule has 0 saturated carbocycles. The predicted octanol–water partition coefficient (Wildman–Crippen LogP) is 4.74. The molecule has 0 fully saturated rings. The quantitative estimate of drug-likeness (QED) is 0.428. The molecule has 0 radical (unpaired) electrons. The van der Waals surface area contributed by atoms with Crippen molar-refractivity contribution >= 4 is 27.3 Å². The summed E-state index contributed by atoms with van der Waals surface area (Å²) in [5.41, 5.74) is 1.02. The largest absolute Gasteiger partial charge is 0.385 e. The van der Waals surface area contributed by atoms with Crippen LogP contribution in [-0.2, 0) is 0 Å². The number of anilines is 1. The van der Waals surface area contributed by atoms with Gasteiger partial charge in [0.25, 0.3) is 5.69 Å². The molecule has 1 N–H and O–H groups in total. The van der Waals surface area contributed by atoms with E-state index in [-0.39, 0.29) is 5.69 Å². The number of hydrogen-bond donors (Lipinski definition) is 1. The van der Waals surface area contributed by atoms with Crippen molar-refractivity contribution in [3.05, 3.63) is 32.8 Å². The Balaban J connectivity index is 2.35. The van der Waals surface area contributed by atoms with Crippen LogP contribution in [0.15, 0.2) is 22.7 Å². The van der Waals surface area contributed by atoms with Crippen LogP contribution in [0.3, 0.4) is 0 Å². The Morgan fingerprint density at radius 1 is 1.28 bits per heavy atom. The molecule has 0 amide bonds. The van der Waals surface area contributed by atoms with Crippen molar-refractivity contribution in [3.8, 4) is 0 Å². The van der Waals surface area contributed by atoms with Crippen LogP contribution >= 0.6 is 15.9 Å². The zero-order valence-electron chi connectivity index (χ0n) is 10.6. The summed E-state index contributed by atoms with van der Waals surface area (Å²) in [5.74, 6) is 0. The Morgan fingerprint density at radius 2 is 2.00 bits per heavy atom. The molecule has 0 aliphatic heterocycles. The second-order valence-electron chi connectivity index (χ2n) is 4.26. The molecular weight excluding hydrogens is 296 g/mol. The van der Waals surface area contributed by atoms with Crippen LogP contribution in [0.1, 0.15) is 39.0 Å². The number of nitrogens with one attached hydrogen (secondary N) is 1. The third-order valence-corrected chi connectivity index (χ3v) is 3.39. The van der Waals surface area contributed by atoms with Crippen molar-refractivity contribution in [1.82, 2.24) is 0 Å². The average Bonchev–Trinajstić information content (AvgIpc) is 2.33. The molecule has 0 bridgehead atoms. The maximum absolute atomic E-state index is 10.6. The minimum atomic E-state index is -0.390. The molecule has 0 spiro atoms. The van der Waals surface area contributed by atoms with Gasteiger partial charge < -0.3 is 5.32 Å². The second kappa shape index (κ2) is 8.08. The number of benzene rings is 1. The summed E-state index contributed by atoms with van der Waals surface area (Å²) in [5, 5.41) is 13.9. The SMILES string of the molecule is CCCCCCCNc1ccc([N+](=O)[O-])c(Br)c1. The van der Waals surface area contributed by atoms with Crippen molar-refractivity contribution < 1.29 is 4.92 Å². The number of nitrogens with zero attached hydrogens (tertiary/aromatic N) is 1. The van der Waals surface area contributed by atoms with Gasteiger partial charge in [0.15, 0.2) is 0 Å². The Labute approximate surface area is 116 Å². The average molecular weight is 315 g/mol. The molecule has 0 aliphatic rings. The first-order valence-electron chi connectivity index (χ1n) is 6.33. The van der Waals surface area contributed by atoms with Crippen molar-refractivity contribution in [2.45, 2.75) is 39.0 Å². The van der Waals surface area contributed by atoms with E-state index in [2.05, 4.69) is 28.2 Å². The second-order valence-corrected chi connectivity index (χ2v) is 5.12. The van der Waals surface area contributed by atoms with Gasteiger partial charge in [-0.3, -0.25) is 10.1 Å². The van der Waals surface area contributed by atoms with E-state index in [9.17, 15) is 10.1 Å². The van der Waals surface area contributed by atoms with Crippen LogP contribution in [0, 0.1) is 10.1 Å². The molecule has 1 aromatic carbocycles. The van der Waals surface area contributed by atoms with E-state index in [1.807, 2.05) is 0 Å². The summed E-state index contributed by atoms with van der Waals surface area (Å²) in [6.45, 7) is 3.11. The molecule has 100 valence electrons. The van der Waals surface area contributed by atoms with E-state index in [0.717, 1.165) is 18.7 Å². The molecule has 0 heterocycles. The van der Waals surface area contributed by atoms with Crippen LogP contribution in [0.25, 0.3) is 0 Å². The van der Waals surface area contributed by atoms with Gasteiger partial charge in [0.05, 0.1) is 9.40 Å². The highest BCUT2D eigenvalue weighted by atomic mass is 79.9. The van der Waals surface area contributed by atoms with Crippen LogP contribution in [0.4, 0.5) is 11.4 Å². The smallest absolute Gasteiger partial charge is 0.283 e. The van der Waals surface area contributed by atoms with Gasteiger partial charge in [-0.25, -0.2) is 0 Å². The summed E-state index contributed by atoms with van der Waals surface area (Å²) >= 11 is 3.21. The Kier molecular flexibility index (Phi) is 6.72. The highest BCUT2D eigenvalue weighted by Crippen LogP contribution is 2.27. The molecule has 1 aromatic rings. The zero-order chi connectivity index (χ0) is 13.4. The lowest BCUT2D eigenvalue weighted by molar-refractivity contribution is -0.385. The zero-order valence-corrected chi connectivity index (χ0v) is 12.2. The van der Waals surface area contributed by atoms with Gasteiger partial charge in [0.1, 0.15) is 0 Å². The van der Waals surface area contributed by atoms with Gasteiger partial charge in [-0.15, -0.1) is 0 Å². The molecular formula is C13H19BrN2O2. The normalized spacial score (nSPS) is 10.3. The summed E-state index contributed by atoms with van der Waals surface area (Å²) < 4.78 is 0.517. The number of nitro groups is 1. The maximum atomic E-state index is 10.6. The maximum Gasteiger partial charge on any atom is 0.283 e. The van der Waals surface area contributed by atoms with Crippen LogP contribution in [0.5, 0.6) is 0 Å². The van der Waals surface area contributed by atoms with E-state index in [0.29, 0.717) is 4.47 Å². The molecule has 5 heteroatoms. The van der Waals surface area contributed by atoms with Gasteiger partial charge in [0.2, 0.25) is 0 Å². The number of rotatable bonds is 8.